The zero-order valence-electron chi connectivity index (χ0n) is 42.3. The van der Waals surface area contributed by atoms with Crippen molar-refractivity contribution in [3.63, 3.8) is 0 Å². The highest BCUT2D eigenvalue weighted by Crippen LogP contribution is 2.64. The minimum atomic E-state index is -4.34. The van der Waals surface area contributed by atoms with Gasteiger partial charge in [0.05, 0.1) is 0 Å². The van der Waals surface area contributed by atoms with Gasteiger partial charge in [0, 0.05) is 44.3 Å². The van der Waals surface area contributed by atoms with E-state index in [4.69, 9.17) is 45.3 Å². The van der Waals surface area contributed by atoms with Crippen LogP contribution in [0.4, 0.5) is 0 Å². The van der Waals surface area contributed by atoms with E-state index in [1.54, 1.807) is 0 Å². The predicted octanol–water partition coefficient (Wildman–Crippen LogP) is 13.4. The summed E-state index contributed by atoms with van der Waals surface area (Å²) in [5, 5.41) is 0. The van der Waals surface area contributed by atoms with Gasteiger partial charge in [-0.15, -0.1) is 0 Å². The van der Waals surface area contributed by atoms with E-state index in [2.05, 4.69) is 0 Å². The Morgan fingerprint density at radius 1 is 0.174 bits per heavy atom. The van der Waals surface area contributed by atoms with Gasteiger partial charge in [-0.1, -0.05) is 154 Å². The maximum absolute atomic E-state index is 14.4. The third kappa shape index (κ3) is 9.74. The Kier molecular flexibility index (Phi) is 15.4. The fourth-order valence-electron chi connectivity index (χ4n) is 16.1. The number of hydrogen-bond donors (Lipinski definition) is 2. The second kappa shape index (κ2) is 20.9. The minimum absolute atomic E-state index is 0.0680. The van der Waals surface area contributed by atoms with E-state index < -0.39 is 70.4 Å². The summed E-state index contributed by atoms with van der Waals surface area (Å²) in [6.07, 6.45) is 40.0. The van der Waals surface area contributed by atoms with Crippen molar-refractivity contribution < 1.29 is 54.9 Å². The van der Waals surface area contributed by atoms with Crippen molar-refractivity contribution in [3.05, 3.63) is 0 Å². The van der Waals surface area contributed by atoms with Crippen molar-refractivity contribution in [1.82, 2.24) is 0 Å². The quantitative estimate of drug-likeness (QED) is 0.223. The average Bonchev–Trinajstić information content (AvgIpc) is 3.39. The van der Waals surface area contributed by atoms with Crippen LogP contribution in [-0.2, 0) is 45.3 Å². The van der Waals surface area contributed by atoms with Gasteiger partial charge in [0.15, 0.2) is 0 Å². The molecule has 21 heteroatoms. The molecule has 6 bridgehead atoms. The molecule has 0 aromatic rings. The Morgan fingerprint density at radius 3 is 0.464 bits per heavy atom. The smallest absolute Gasteiger partial charge is 0.390 e. The summed E-state index contributed by atoms with van der Waals surface area (Å²) in [5.41, 5.74) is -0.892. The third-order valence-electron chi connectivity index (χ3n) is 20.0. The molecule has 8 aliphatic carbocycles. The van der Waals surface area contributed by atoms with Crippen molar-refractivity contribution >= 4 is 70.4 Å². The van der Waals surface area contributed by atoms with Crippen LogP contribution < -0.4 is 0 Å². The van der Waals surface area contributed by atoms with E-state index in [0.717, 1.165) is 257 Å². The Hall–Kier alpha value is 1.22. The Balaban J connectivity index is 1.20. The van der Waals surface area contributed by atoms with Crippen molar-refractivity contribution in [3.8, 4) is 0 Å². The summed E-state index contributed by atoms with van der Waals surface area (Å²) in [6, 6.07) is 0. The van der Waals surface area contributed by atoms with Crippen LogP contribution in [0.2, 0.25) is 44.3 Å². The molecule has 0 spiro atoms. The van der Waals surface area contributed by atoms with Gasteiger partial charge < -0.3 is 54.9 Å². The van der Waals surface area contributed by atoms with Gasteiger partial charge in [-0.3, -0.25) is 0 Å². The SMILES string of the molecule is O[Si@]1(C2CCCCC2)O[Si@@]2(C3CCCCC3)O[Si@]3(C4CCCCC4)O[Si@](O)(C4CCCCC4)O[Si@]4(C5CCCCC5)O[Si@](C5CCCCC5)(O2)O[Si@](C2CCCCC2)(O1)O[Si@](C1CCCCC1)(O3)O4. The molecule has 15 rings (SSSR count). The van der Waals surface area contributed by atoms with Crippen molar-refractivity contribution in [2.24, 2.45) is 0 Å². The van der Waals surface area contributed by atoms with Gasteiger partial charge in [0.1, 0.15) is 0 Å². The maximum Gasteiger partial charge on any atom is 0.486 e. The number of fused-ring (bicyclic) bond motifs is 4. The number of hydrogen-bond acceptors (Lipinski definition) is 13. The largest absolute Gasteiger partial charge is 0.486 e. The highest BCUT2D eigenvalue weighted by atomic mass is 28.6. The fraction of sp³-hybridized carbons (Fsp3) is 1.00. The standard InChI is InChI=1S/C48H90O13Si8/c49-62(41-25-9-1-10-26-41)51-64(43-29-13-3-14-30-43)55-65(44-31-15-4-16-32-44)52-63(50,42-27-11-2-12-28-42)54-67(46-35-19-6-20-36-46)59-69(57-65,48-39-23-8-24-40-48)60-66(53-62,45-33-17-5-18-34-45)58-68(56-64,61-67)47-37-21-7-22-38-47/h41-50H,1-40H2/t62-,63-,64+,65+,66+,67+,68-,69-/m1/s1. The first-order valence-corrected chi connectivity index (χ1v) is 44.3. The minimum Gasteiger partial charge on any atom is -0.390 e. The summed E-state index contributed by atoms with van der Waals surface area (Å²) < 4.78 is 92.9. The zero-order valence-corrected chi connectivity index (χ0v) is 50.3. The summed E-state index contributed by atoms with van der Waals surface area (Å²) in [7, 11) is -34.2. The number of rotatable bonds is 8. The lowest BCUT2D eigenvalue weighted by atomic mass is 10.0. The van der Waals surface area contributed by atoms with Crippen molar-refractivity contribution in [2.75, 3.05) is 0 Å². The van der Waals surface area contributed by atoms with E-state index in [-0.39, 0.29) is 44.3 Å². The second-order valence-electron chi connectivity index (χ2n) is 24.7. The van der Waals surface area contributed by atoms with Gasteiger partial charge in [0.2, 0.25) is 0 Å². The van der Waals surface area contributed by atoms with Crippen LogP contribution in [0.25, 0.3) is 0 Å². The molecule has 2 N–H and O–H groups in total. The van der Waals surface area contributed by atoms with Crippen LogP contribution >= 0.6 is 0 Å². The van der Waals surface area contributed by atoms with Gasteiger partial charge in [0.25, 0.3) is 0 Å². The molecule has 392 valence electrons. The average molecular weight is 1100 g/mol. The van der Waals surface area contributed by atoms with E-state index in [1.165, 1.54) is 0 Å². The van der Waals surface area contributed by atoms with Crippen LogP contribution in [0.5, 0.6) is 0 Å². The summed E-state index contributed by atoms with van der Waals surface area (Å²) in [5.74, 6) is 0. The highest BCUT2D eigenvalue weighted by molar-refractivity contribution is 7.02. The summed E-state index contributed by atoms with van der Waals surface area (Å²) in [6.45, 7) is 0. The van der Waals surface area contributed by atoms with Crippen LogP contribution in [0, 0.1) is 0 Å². The van der Waals surface area contributed by atoms with Gasteiger partial charge in [-0.05, 0) is 103 Å². The first-order chi connectivity index (χ1) is 33.6. The first kappa shape index (κ1) is 51.0. The van der Waals surface area contributed by atoms with E-state index in [9.17, 15) is 9.59 Å². The van der Waals surface area contributed by atoms with Crippen LogP contribution in [0.3, 0.4) is 0 Å². The van der Waals surface area contributed by atoms with Crippen molar-refractivity contribution in [2.45, 2.75) is 301 Å². The molecule has 0 amide bonds. The van der Waals surface area contributed by atoms with Gasteiger partial charge >= 0.3 is 70.4 Å². The molecule has 13 nitrogen and oxygen atoms in total. The Labute approximate surface area is 424 Å². The maximum atomic E-state index is 14.4. The molecule has 7 heterocycles. The van der Waals surface area contributed by atoms with E-state index >= 15 is 0 Å². The monoisotopic (exact) mass is 1100 g/mol. The van der Waals surface area contributed by atoms with Gasteiger partial charge in [-0.2, -0.15) is 0 Å². The molecule has 4 atom stereocenters. The molecule has 0 unspecified atom stereocenters. The zero-order chi connectivity index (χ0) is 46.7. The lowest BCUT2D eigenvalue weighted by molar-refractivity contribution is -0.0335. The Morgan fingerprint density at radius 2 is 0.304 bits per heavy atom. The third-order valence-corrected chi connectivity index (χ3v) is 57.9. The van der Waals surface area contributed by atoms with Crippen LogP contribution in [0.1, 0.15) is 257 Å². The lowest BCUT2D eigenvalue weighted by Crippen LogP contribution is -2.88. The molecule has 0 aromatic heterocycles. The van der Waals surface area contributed by atoms with E-state index in [1.807, 2.05) is 0 Å². The van der Waals surface area contributed by atoms with E-state index in [0.29, 0.717) is 0 Å². The molecule has 15 aliphatic rings. The molecule has 7 saturated heterocycles. The second-order valence-corrected chi connectivity index (χ2v) is 50.0. The molecule has 0 aromatic carbocycles. The molecular weight excluding hydrogens is 1010 g/mol. The molecule has 15 fully saturated rings. The topological polar surface area (TPSA) is 142 Å². The molecule has 7 aliphatic heterocycles. The van der Waals surface area contributed by atoms with Crippen LogP contribution in [0.15, 0.2) is 0 Å². The molecule has 8 saturated carbocycles. The highest BCUT2D eigenvalue weighted by Gasteiger charge is 2.85. The normalized spacial score (nSPS) is 46.3. The predicted molar refractivity (Wildman–Crippen MR) is 277 cm³/mol. The van der Waals surface area contributed by atoms with Gasteiger partial charge in [-0.25, -0.2) is 0 Å². The van der Waals surface area contributed by atoms with Crippen molar-refractivity contribution in [1.29, 1.82) is 0 Å². The summed E-state index contributed by atoms with van der Waals surface area (Å²) in [4.78, 5) is 28.8. The fourth-order valence-corrected chi connectivity index (χ4v) is 68.2. The van der Waals surface area contributed by atoms with Crippen LogP contribution in [-0.4, -0.2) is 80.0 Å². The molecule has 69 heavy (non-hydrogen) atoms. The lowest BCUT2D eigenvalue weighted by Gasteiger charge is -2.65. The first-order valence-electron chi connectivity index (χ1n) is 29.8. The molecule has 0 radical (unpaired) electrons. The summed E-state index contributed by atoms with van der Waals surface area (Å²) >= 11 is 0. The molecular formula is C48H90O13Si8. The Bertz CT molecular complexity index is 1570.